The first-order valence-electron chi connectivity index (χ1n) is 5.53. The second-order valence-electron chi connectivity index (χ2n) is 3.88. The minimum atomic E-state index is 0.364. The van der Waals surface area contributed by atoms with E-state index in [0.717, 1.165) is 18.8 Å². The lowest BCUT2D eigenvalue weighted by Gasteiger charge is -2.18. The van der Waals surface area contributed by atoms with Crippen molar-refractivity contribution in [3.05, 3.63) is 23.9 Å². The molecule has 0 aromatic carbocycles. The molecule has 0 saturated carbocycles. The lowest BCUT2D eigenvalue weighted by molar-refractivity contribution is 0.649. The Morgan fingerprint density at radius 1 is 1.47 bits per heavy atom. The van der Waals surface area contributed by atoms with Crippen LogP contribution in [0.3, 0.4) is 0 Å². The van der Waals surface area contributed by atoms with Gasteiger partial charge >= 0.3 is 0 Å². The fourth-order valence-electron chi connectivity index (χ4n) is 1.50. The Labute approximate surface area is 92.5 Å². The van der Waals surface area contributed by atoms with Gasteiger partial charge in [0.15, 0.2) is 0 Å². The van der Waals surface area contributed by atoms with Crippen LogP contribution in [0.1, 0.15) is 31.9 Å². The maximum Gasteiger partial charge on any atom is 0.128 e. The number of aromatic nitrogens is 1. The standard InChI is InChI=1S/C12H21N3/c1-5-8-15(4)12-7-6-11(9-14-12)10(2)13-3/h6-7,9-10,13H,5,8H2,1-4H3. The van der Waals surface area contributed by atoms with Crippen molar-refractivity contribution >= 4 is 5.82 Å². The molecule has 0 saturated heterocycles. The van der Waals surface area contributed by atoms with E-state index < -0.39 is 0 Å². The summed E-state index contributed by atoms with van der Waals surface area (Å²) in [5.74, 6) is 1.05. The molecule has 1 heterocycles. The molecule has 1 aromatic heterocycles. The number of nitrogens with one attached hydrogen (secondary N) is 1. The molecule has 1 aromatic rings. The number of hydrogen-bond acceptors (Lipinski definition) is 3. The van der Waals surface area contributed by atoms with Gasteiger partial charge in [-0.2, -0.15) is 0 Å². The molecule has 3 nitrogen and oxygen atoms in total. The highest BCUT2D eigenvalue weighted by molar-refractivity contribution is 5.38. The van der Waals surface area contributed by atoms with Crippen molar-refractivity contribution in [3.63, 3.8) is 0 Å². The van der Waals surface area contributed by atoms with E-state index in [1.807, 2.05) is 13.2 Å². The van der Waals surface area contributed by atoms with Crippen LogP contribution in [-0.4, -0.2) is 25.6 Å². The molecule has 0 aliphatic carbocycles. The van der Waals surface area contributed by atoms with Crippen LogP contribution in [0.4, 0.5) is 5.82 Å². The Morgan fingerprint density at radius 2 is 2.20 bits per heavy atom. The third kappa shape index (κ3) is 3.20. The van der Waals surface area contributed by atoms with Gasteiger partial charge in [0.25, 0.3) is 0 Å². The topological polar surface area (TPSA) is 28.2 Å². The highest BCUT2D eigenvalue weighted by atomic mass is 15.2. The summed E-state index contributed by atoms with van der Waals surface area (Å²) >= 11 is 0. The summed E-state index contributed by atoms with van der Waals surface area (Å²) in [4.78, 5) is 6.63. The van der Waals surface area contributed by atoms with Crippen molar-refractivity contribution in [2.24, 2.45) is 0 Å². The third-order valence-corrected chi connectivity index (χ3v) is 2.65. The summed E-state index contributed by atoms with van der Waals surface area (Å²) in [6.07, 6.45) is 3.09. The summed E-state index contributed by atoms with van der Waals surface area (Å²) in [5.41, 5.74) is 1.23. The fourth-order valence-corrected chi connectivity index (χ4v) is 1.50. The average Bonchev–Trinajstić information content (AvgIpc) is 2.28. The predicted molar refractivity (Wildman–Crippen MR) is 65.3 cm³/mol. The summed E-state index contributed by atoms with van der Waals surface area (Å²) in [7, 11) is 4.04. The van der Waals surface area contributed by atoms with Gasteiger partial charge in [0.1, 0.15) is 5.82 Å². The molecule has 0 bridgehead atoms. The van der Waals surface area contributed by atoms with Crippen molar-refractivity contribution in [3.8, 4) is 0 Å². The van der Waals surface area contributed by atoms with E-state index in [-0.39, 0.29) is 0 Å². The van der Waals surface area contributed by atoms with Gasteiger partial charge in [-0.25, -0.2) is 4.98 Å². The monoisotopic (exact) mass is 207 g/mol. The van der Waals surface area contributed by atoms with Gasteiger partial charge in [0.05, 0.1) is 0 Å². The van der Waals surface area contributed by atoms with Crippen LogP contribution in [0.5, 0.6) is 0 Å². The first-order chi connectivity index (χ1) is 7.19. The molecule has 15 heavy (non-hydrogen) atoms. The van der Waals surface area contributed by atoms with E-state index in [4.69, 9.17) is 0 Å². The summed E-state index contributed by atoms with van der Waals surface area (Å²) in [5, 5.41) is 3.20. The maximum absolute atomic E-state index is 4.45. The van der Waals surface area contributed by atoms with Crippen LogP contribution in [0.15, 0.2) is 18.3 Å². The molecule has 0 aliphatic rings. The zero-order valence-corrected chi connectivity index (χ0v) is 10.1. The van der Waals surface area contributed by atoms with Gasteiger partial charge in [0, 0.05) is 25.8 Å². The summed E-state index contributed by atoms with van der Waals surface area (Å²) in [6, 6.07) is 4.58. The predicted octanol–water partition coefficient (Wildman–Crippen LogP) is 2.21. The number of hydrogen-bond donors (Lipinski definition) is 1. The normalized spacial score (nSPS) is 12.5. The zero-order chi connectivity index (χ0) is 11.3. The molecule has 1 rings (SSSR count). The smallest absolute Gasteiger partial charge is 0.128 e. The van der Waals surface area contributed by atoms with Gasteiger partial charge in [0.2, 0.25) is 0 Å². The quantitative estimate of drug-likeness (QED) is 0.802. The Bertz CT molecular complexity index is 281. The van der Waals surface area contributed by atoms with Crippen molar-refractivity contribution in [2.75, 3.05) is 25.5 Å². The first kappa shape index (κ1) is 12.0. The van der Waals surface area contributed by atoms with E-state index in [9.17, 15) is 0 Å². The number of anilines is 1. The Morgan fingerprint density at radius 3 is 2.67 bits per heavy atom. The van der Waals surface area contributed by atoms with Gasteiger partial charge in [-0.15, -0.1) is 0 Å². The van der Waals surface area contributed by atoms with Crippen LogP contribution in [0.25, 0.3) is 0 Å². The van der Waals surface area contributed by atoms with Crippen LogP contribution < -0.4 is 10.2 Å². The minimum Gasteiger partial charge on any atom is -0.360 e. The number of rotatable bonds is 5. The molecule has 0 fully saturated rings. The molecule has 3 heteroatoms. The van der Waals surface area contributed by atoms with E-state index in [1.165, 1.54) is 5.56 Å². The van der Waals surface area contributed by atoms with Crippen LogP contribution in [0, 0.1) is 0 Å². The van der Waals surface area contributed by atoms with Crippen molar-refractivity contribution in [2.45, 2.75) is 26.3 Å². The lowest BCUT2D eigenvalue weighted by Crippen LogP contribution is -2.19. The largest absolute Gasteiger partial charge is 0.360 e. The molecule has 84 valence electrons. The van der Waals surface area contributed by atoms with E-state index >= 15 is 0 Å². The Kier molecular flexibility index (Phi) is 4.56. The number of pyridine rings is 1. The highest BCUT2D eigenvalue weighted by Crippen LogP contribution is 2.14. The number of nitrogens with zero attached hydrogens (tertiary/aromatic N) is 2. The summed E-state index contributed by atoms with van der Waals surface area (Å²) in [6.45, 7) is 5.36. The molecule has 0 aliphatic heterocycles. The maximum atomic E-state index is 4.45. The lowest BCUT2D eigenvalue weighted by atomic mass is 10.1. The Balaban J connectivity index is 2.71. The molecule has 0 spiro atoms. The minimum absolute atomic E-state index is 0.364. The molecule has 1 N–H and O–H groups in total. The molecule has 1 unspecified atom stereocenters. The summed E-state index contributed by atoms with van der Waals surface area (Å²) < 4.78 is 0. The molecular weight excluding hydrogens is 186 g/mol. The molecule has 0 amide bonds. The van der Waals surface area contributed by atoms with Crippen molar-refractivity contribution in [1.29, 1.82) is 0 Å². The van der Waals surface area contributed by atoms with E-state index in [0.29, 0.717) is 6.04 Å². The second kappa shape index (κ2) is 5.71. The molecule has 1 atom stereocenters. The van der Waals surface area contributed by atoms with Crippen molar-refractivity contribution in [1.82, 2.24) is 10.3 Å². The highest BCUT2D eigenvalue weighted by Gasteiger charge is 2.04. The van der Waals surface area contributed by atoms with Crippen molar-refractivity contribution < 1.29 is 0 Å². The molecular formula is C12H21N3. The van der Waals surface area contributed by atoms with Crippen LogP contribution >= 0.6 is 0 Å². The zero-order valence-electron chi connectivity index (χ0n) is 10.1. The van der Waals surface area contributed by atoms with Crippen LogP contribution in [0.2, 0.25) is 0 Å². The fraction of sp³-hybridized carbons (Fsp3) is 0.583. The van der Waals surface area contributed by atoms with Gasteiger partial charge < -0.3 is 10.2 Å². The average molecular weight is 207 g/mol. The third-order valence-electron chi connectivity index (χ3n) is 2.65. The van der Waals surface area contributed by atoms with Gasteiger partial charge in [-0.05, 0) is 32.0 Å². The Hall–Kier alpha value is -1.09. The first-order valence-corrected chi connectivity index (χ1v) is 5.53. The van der Waals surface area contributed by atoms with Gasteiger partial charge in [-0.1, -0.05) is 13.0 Å². The SMILES string of the molecule is CCCN(C)c1ccc(C(C)NC)cn1. The van der Waals surface area contributed by atoms with Gasteiger partial charge in [-0.3, -0.25) is 0 Å². The molecule has 0 radical (unpaired) electrons. The van der Waals surface area contributed by atoms with E-state index in [2.05, 4.69) is 48.2 Å². The second-order valence-corrected chi connectivity index (χ2v) is 3.88. The van der Waals surface area contributed by atoms with Crippen LogP contribution in [-0.2, 0) is 0 Å². The van der Waals surface area contributed by atoms with E-state index in [1.54, 1.807) is 0 Å².